The molecule has 1 amide bonds. The van der Waals surface area contributed by atoms with E-state index >= 15 is 0 Å². The van der Waals surface area contributed by atoms with Gasteiger partial charge in [0.1, 0.15) is 10.8 Å². The number of pyridine rings is 1. The van der Waals surface area contributed by atoms with Crippen molar-refractivity contribution in [3.05, 3.63) is 29.0 Å². The van der Waals surface area contributed by atoms with Gasteiger partial charge in [-0.05, 0) is 67.9 Å². The average Bonchev–Trinajstić information content (AvgIpc) is 2.45. The molecule has 0 spiro atoms. The van der Waals surface area contributed by atoms with Crippen molar-refractivity contribution in [2.75, 3.05) is 7.05 Å². The number of halogens is 1. The van der Waals surface area contributed by atoms with Gasteiger partial charge in [0.2, 0.25) is 0 Å². The molecule has 4 saturated carbocycles. The molecule has 4 aliphatic carbocycles. The molecule has 1 aromatic rings. The topological polar surface area (TPSA) is 33.2 Å². The van der Waals surface area contributed by atoms with Crippen LogP contribution in [0.4, 0.5) is 0 Å². The van der Waals surface area contributed by atoms with Crippen molar-refractivity contribution in [2.24, 2.45) is 23.7 Å². The molecule has 3 nitrogen and oxygen atoms in total. The molecule has 0 aromatic carbocycles. The lowest BCUT2D eigenvalue weighted by atomic mass is 9.54. The third-order valence-electron chi connectivity index (χ3n) is 5.88. The second-order valence-corrected chi connectivity index (χ2v) is 7.57. The minimum atomic E-state index is 0.0231. The van der Waals surface area contributed by atoms with Crippen LogP contribution < -0.4 is 0 Å². The standard InChI is InChI=1S/C17H21ClN2O/c1-20(17(21)14-3-2-4-15(18)19-14)16-12-6-10-5-11(8-12)9-13(16)7-10/h2-4,10-13,16H,5-9H2,1H3. The molecule has 1 aromatic heterocycles. The van der Waals surface area contributed by atoms with E-state index in [2.05, 4.69) is 4.98 Å². The smallest absolute Gasteiger partial charge is 0.272 e. The van der Waals surface area contributed by atoms with Crippen LogP contribution in [0, 0.1) is 23.7 Å². The normalized spacial score (nSPS) is 36.8. The van der Waals surface area contributed by atoms with Gasteiger partial charge in [0.15, 0.2) is 0 Å². The van der Waals surface area contributed by atoms with Crippen LogP contribution in [0.2, 0.25) is 5.15 Å². The molecule has 5 rings (SSSR count). The molecule has 4 bridgehead atoms. The predicted octanol–water partition coefficient (Wildman–Crippen LogP) is 3.63. The van der Waals surface area contributed by atoms with E-state index in [1.165, 1.54) is 32.1 Å². The summed E-state index contributed by atoms with van der Waals surface area (Å²) in [5.41, 5.74) is 0.471. The van der Waals surface area contributed by atoms with Crippen molar-refractivity contribution in [1.82, 2.24) is 9.88 Å². The highest BCUT2D eigenvalue weighted by Gasteiger charge is 2.50. The number of hydrogen-bond acceptors (Lipinski definition) is 2. The second kappa shape index (κ2) is 4.98. The van der Waals surface area contributed by atoms with E-state index in [0.717, 1.165) is 11.8 Å². The summed E-state index contributed by atoms with van der Waals surface area (Å²) in [4.78, 5) is 18.9. The Hall–Kier alpha value is -1.09. The summed E-state index contributed by atoms with van der Waals surface area (Å²) in [6, 6.07) is 5.68. The molecule has 0 unspecified atom stereocenters. The number of aromatic nitrogens is 1. The Bertz CT molecular complexity index is 546. The van der Waals surface area contributed by atoms with Crippen molar-refractivity contribution in [3.8, 4) is 0 Å². The fraction of sp³-hybridized carbons (Fsp3) is 0.647. The summed E-state index contributed by atoms with van der Waals surface area (Å²) < 4.78 is 0. The first kappa shape index (κ1) is 13.6. The van der Waals surface area contributed by atoms with Crippen LogP contribution in [-0.2, 0) is 0 Å². The molecule has 0 saturated heterocycles. The van der Waals surface area contributed by atoms with Gasteiger partial charge in [-0.2, -0.15) is 0 Å². The van der Waals surface area contributed by atoms with Gasteiger partial charge in [-0.3, -0.25) is 4.79 Å². The number of nitrogens with zero attached hydrogens (tertiary/aromatic N) is 2. The maximum atomic E-state index is 12.7. The number of rotatable bonds is 2. The molecule has 112 valence electrons. The molecule has 21 heavy (non-hydrogen) atoms. The van der Waals surface area contributed by atoms with Crippen molar-refractivity contribution in [3.63, 3.8) is 0 Å². The van der Waals surface area contributed by atoms with Gasteiger partial charge in [-0.25, -0.2) is 4.98 Å². The van der Waals surface area contributed by atoms with E-state index in [9.17, 15) is 4.79 Å². The van der Waals surface area contributed by atoms with E-state index in [0.29, 0.717) is 28.7 Å². The summed E-state index contributed by atoms with van der Waals surface area (Å²) >= 11 is 5.92. The Kier molecular flexibility index (Phi) is 3.21. The Morgan fingerprint density at radius 1 is 1.14 bits per heavy atom. The van der Waals surface area contributed by atoms with Crippen molar-refractivity contribution < 1.29 is 4.79 Å². The first-order valence-electron chi connectivity index (χ1n) is 8.01. The molecule has 0 radical (unpaired) electrons. The lowest BCUT2D eigenvalue weighted by Gasteiger charge is -2.56. The van der Waals surface area contributed by atoms with E-state index in [4.69, 9.17) is 11.6 Å². The molecular weight excluding hydrogens is 284 g/mol. The minimum Gasteiger partial charge on any atom is -0.337 e. The first-order valence-corrected chi connectivity index (χ1v) is 8.39. The second-order valence-electron chi connectivity index (χ2n) is 7.18. The van der Waals surface area contributed by atoms with Crippen LogP contribution in [0.15, 0.2) is 18.2 Å². The molecule has 0 N–H and O–H groups in total. The van der Waals surface area contributed by atoms with Crippen LogP contribution in [-0.4, -0.2) is 28.9 Å². The fourth-order valence-electron chi connectivity index (χ4n) is 5.37. The van der Waals surface area contributed by atoms with E-state index in [1.54, 1.807) is 18.2 Å². The average molecular weight is 305 g/mol. The highest BCUT2D eigenvalue weighted by molar-refractivity contribution is 6.29. The molecule has 0 aliphatic heterocycles. The zero-order valence-corrected chi connectivity index (χ0v) is 13.1. The summed E-state index contributed by atoms with van der Waals surface area (Å²) in [6.45, 7) is 0. The molecule has 1 heterocycles. The highest BCUT2D eigenvalue weighted by atomic mass is 35.5. The summed E-state index contributed by atoms with van der Waals surface area (Å²) in [6.07, 6.45) is 6.71. The molecule has 4 fully saturated rings. The zero-order chi connectivity index (χ0) is 14.6. The lowest BCUT2D eigenvalue weighted by Crippen LogP contribution is -2.56. The third-order valence-corrected chi connectivity index (χ3v) is 6.09. The maximum absolute atomic E-state index is 12.7. The SMILES string of the molecule is CN(C(=O)c1cccc(Cl)n1)C1C2CC3CC(C2)CC1C3. The molecule has 0 atom stereocenters. The Labute approximate surface area is 130 Å². The first-order chi connectivity index (χ1) is 10.1. The Morgan fingerprint density at radius 2 is 1.76 bits per heavy atom. The number of amides is 1. The van der Waals surface area contributed by atoms with Gasteiger partial charge in [0.05, 0.1) is 0 Å². The van der Waals surface area contributed by atoms with Gasteiger partial charge < -0.3 is 4.90 Å². The van der Waals surface area contributed by atoms with Crippen LogP contribution >= 0.6 is 11.6 Å². The van der Waals surface area contributed by atoms with Gasteiger partial charge in [0, 0.05) is 13.1 Å². The largest absolute Gasteiger partial charge is 0.337 e. The van der Waals surface area contributed by atoms with Crippen LogP contribution in [0.25, 0.3) is 0 Å². The number of carbonyl (C=O) groups is 1. The Morgan fingerprint density at radius 3 is 2.33 bits per heavy atom. The predicted molar refractivity (Wildman–Crippen MR) is 82.2 cm³/mol. The van der Waals surface area contributed by atoms with Gasteiger partial charge in [-0.15, -0.1) is 0 Å². The summed E-state index contributed by atoms with van der Waals surface area (Å²) in [7, 11) is 1.96. The van der Waals surface area contributed by atoms with Crippen molar-refractivity contribution >= 4 is 17.5 Å². The maximum Gasteiger partial charge on any atom is 0.272 e. The van der Waals surface area contributed by atoms with E-state index < -0.39 is 0 Å². The van der Waals surface area contributed by atoms with Gasteiger partial charge in [-0.1, -0.05) is 17.7 Å². The minimum absolute atomic E-state index is 0.0231. The Balaban J connectivity index is 1.57. The molecule has 4 heteroatoms. The monoisotopic (exact) mass is 304 g/mol. The molecule has 4 aliphatic rings. The number of carbonyl (C=O) groups excluding carboxylic acids is 1. The van der Waals surface area contributed by atoms with Crippen LogP contribution in [0.5, 0.6) is 0 Å². The highest BCUT2D eigenvalue weighted by Crippen LogP contribution is 2.55. The summed E-state index contributed by atoms with van der Waals surface area (Å²) in [5.74, 6) is 3.28. The molecular formula is C17H21ClN2O. The zero-order valence-electron chi connectivity index (χ0n) is 12.3. The lowest BCUT2D eigenvalue weighted by molar-refractivity contribution is -0.0492. The van der Waals surface area contributed by atoms with Crippen molar-refractivity contribution in [1.29, 1.82) is 0 Å². The van der Waals surface area contributed by atoms with Crippen LogP contribution in [0.1, 0.15) is 42.6 Å². The van der Waals surface area contributed by atoms with Crippen LogP contribution in [0.3, 0.4) is 0 Å². The van der Waals surface area contributed by atoms with E-state index in [1.807, 2.05) is 11.9 Å². The fourth-order valence-corrected chi connectivity index (χ4v) is 5.54. The quantitative estimate of drug-likeness (QED) is 0.782. The van der Waals surface area contributed by atoms with Gasteiger partial charge >= 0.3 is 0 Å². The number of hydrogen-bond donors (Lipinski definition) is 0. The van der Waals surface area contributed by atoms with E-state index in [-0.39, 0.29) is 5.91 Å². The van der Waals surface area contributed by atoms with Gasteiger partial charge in [0.25, 0.3) is 5.91 Å². The third kappa shape index (κ3) is 2.26. The van der Waals surface area contributed by atoms with Crippen molar-refractivity contribution in [2.45, 2.75) is 38.1 Å². The summed E-state index contributed by atoms with van der Waals surface area (Å²) in [5, 5.41) is 0.388.